The van der Waals surface area contributed by atoms with Gasteiger partial charge in [-0.2, -0.15) is 0 Å². The Kier molecular flexibility index (Phi) is 4.60. The van der Waals surface area contributed by atoms with Crippen molar-refractivity contribution >= 4 is 17.1 Å². The summed E-state index contributed by atoms with van der Waals surface area (Å²) in [6.07, 6.45) is 0. The van der Waals surface area contributed by atoms with Gasteiger partial charge in [0.25, 0.3) is 0 Å². The zero-order valence-electron chi connectivity index (χ0n) is 13.0. The Morgan fingerprint density at radius 2 is 1.26 bits per heavy atom. The van der Waals surface area contributed by atoms with Crippen LogP contribution in [0.15, 0.2) is 78.9 Å². The van der Waals surface area contributed by atoms with Crippen LogP contribution in [0.2, 0.25) is 0 Å². The highest BCUT2D eigenvalue weighted by Gasteiger charge is 2.12. The third-order valence-corrected chi connectivity index (χ3v) is 3.72. The maximum Gasteiger partial charge on any atom is 0.119 e. The highest BCUT2D eigenvalue weighted by Crippen LogP contribution is 2.35. The average Bonchev–Trinajstić information content (AvgIpc) is 2.64. The van der Waals surface area contributed by atoms with Gasteiger partial charge in [0.2, 0.25) is 0 Å². The second-order valence-electron chi connectivity index (χ2n) is 5.19. The van der Waals surface area contributed by atoms with Crippen molar-refractivity contribution in [2.45, 2.75) is 6.61 Å². The van der Waals surface area contributed by atoms with Gasteiger partial charge >= 0.3 is 0 Å². The van der Waals surface area contributed by atoms with Gasteiger partial charge < -0.3 is 14.7 Å². The summed E-state index contributed by atoms with van der Waals surface area (Å²) in [5.74, 6) is 0.831. The number of hydrogen-bond donors (Lipinski definition) is 1. The molecule has 0 fully saturated rings. The second-order valence-corrected chi connectivity index (χ2v) is 5.19. The molecule has 0 bridgehead atoms. The van der Waals surface area contributed by atoms with E-state index >= 15 is 0 Å². The normalized spacial score (nSPS) is 10.3. The number of methoxy groups -OCH3 is 1. The molecule has 0 saturated heterocycles. The Bertz CT molecular complexity index is 689. The number of anilines is 3. The molecule has 0 aliphatic rings. The van der Waals surface area contributed by atoms with Crippen molar-refractivity contribution in [1.82, 2.24) is 0 Å². The first kappa shape index (κ1) is 15.1. The molecule has 0 spiro atoms. The fourth-order valence-corrected chi connectivity index (χ4v) is 2.51. The number of hydrogen-bond acceptors (Lipinski definition) is 3. The minimum Gasteiger partial charge on any atom is -0.497 e. The van der Waals surface area contributed by atoms with Crippen molar-refractivity contribution in [3.63, 3.8) is 0 Å². The summed E-state index contributed by atoms with van der Waals surface area (Å²) in [5.41, 5.74) is 4.07. The Balaban J connectivity index is 2.05. The molecule has 3 heteroatoms. The van der Waals surface area contributed by atoms with Gasteiger partial charge in [-0.15, -0.1) is 0 Å². The van der Waals surface area contributed by atoms with Gasteiger partial charge in [0.15, 0.2) is 0 Å². The average molecular weight is 305 g/mol. The van der Waals surface area contributed by atoms with Crippen LogP contribution in [0.4, 0.5) is 17.1 Å². The lowest BCUT2D eigenvalue weighted by Crippen LogP contribution is -2.09. The van der Waals surface area contributed by atoms with Crippen molar-refractivity contribution in [2.75, 3.05) is 12.0 Å². The molecule has 0 aliphatic carbocycles. The Hall–Kier alpha value is -2.78. The van der Waals surface area contributed by atoms with E-state index in [9.17, 15) is 5.11 Å². The van der Waals surface area contributed by atoms with Crippen LogP contribution in [0.5, 0.6) is 5.75 Å². The number of para-hydroxylation sites is 1. The molecule has 1 N–H and O–H groups in total. The van der Waals surface area contributed by atoms with E-state index in [1.165, 1.54) is 0 Å². The van der Waals surface area contributed by atoms with Crippen LogP contribution < -0.4 is 9.64 Å². The number of rotatable bonds is 5. The van der Waals surface area contributed by atoms with E-state index < -0.39 is 0 Å². The smallest absolute Gasteiger partial charge is 0.119 e. The van der Waals surface area contributed by atoms with Gasteiger partial charge in [-0.1, -0.05) is 30.3 Å². The standard InChI is InChI=1S/C20H19NO2/c1-23-20-13-11-19(12-14-20)21(17-5-3-2-4-6-17)18-9-7-16(15-22)8-10-18/h2-14,22H,15H2,1H3. The number of aliphatic hydroxyl groups is 1. The SMILES string of the molecule is COc1ccc(N(c2ccccc2)c2ccc(CO)cc2)cc1. The first-order valence-electron chi connectivity index (χ1n) is 7.51. The summed E-state index contributed by atoms with van der Waals surface area (Å²) in [5, 5.41) is 9.23. The third kappa shape index (κ3) is 3.35. The molecular weight excluding hydrogens is 286 g/mol. The van der Waals surface area contributed by atoms with Crippen molar-refractivity contribution in [3.8, 4) is 5.75 Å². The van der Waals surface area contributed by atoms with Crippen molar-refractivity contribution < 1.29 is 9.84 Å². The Morgan fingerprint density at radius 3 is 1.78 bits per heavy atom. The minimum atomic E-state index is 0.0498. The van der Waals surface area contributed by atoms with E-state index in [2.05, 4.69) is 17.0 Å². The first-order valence-corrected chi connectivity index (χ1v) is 7.51. The molecule has 0 saturated carbocycles. The zero-order valence-corrected chi connectivity index (χ0v) is 13.0. The summed E-state index contributed by atoms with van der Waals surface area (Å²) < 4.78 is 5.24. The molecular formula is C20H19NO2. The van der Waals surface area contributed by atoms with E-state index in [0.717, 1.165) is 28.4 Å². The highest BCUT2D eigenvalue weighted by atomic mass is 16.5. The van der Waals surface area contributed by atoms with E-state index in [4.69, 9.17) is 4.74 Å². The second kappa shape index (κ2) is 6.99. The molecule has 0 atom stereocenters. The lowest BCUT2D eigenvalue weighted by Gasteiger charge is -2.25. The topological polar surface area (TPSA) is 32.7 Å². The van der Waals surface area contributed by atoms with Crippen molar-refractivity contribution in [3.05, 3.63) is 84.4 Å². The van der Waals surface area contributed by atoms with Crippen molar-refractivity contribution in [2.24, 2.45) is 0 Å². The largest absolute Gasteiger partial charge is 0.497 e. The Morgan fingerprint density at radius 1 is 0.739 bits per heavy atom. The first-order chi connectivity index (χ1) is 11.3. The molecule has 3 nitrogen and oxygen atoms in total. The predicted octanol–water partition coefficient (Wildman–Crippen LogP) is 4.66. The van der Waals surface area contributed by atoms with Gasteiger partial charge in [-0.25, -0.2) is 0 Å². The van der Waals surface area contributed by atoms with Crippen LogP contribution in [-0.4, -0.2) is 12.2 Å². The number of benzene rings is 3. The number of ether oxygens (including phenoxy) is 1. The van der Waals surface area contributed by atoms with Crippen LogP contribution in [0, 0.1) is 0 Å². The molecule has 0 aromatic heterocycles. The summed E-state index contributed by atoms with van der Waals surface area (Å²) in [4.78, 5) is 2.17. The van der Waals surface area contributed by atoms with Crippen molar-refractivity contribution in [1.29, 1.82) is 0 Å². The molecule has 23 heavy (non-hydrogen) atoms. The maximum atomic E-state index is 9.23. The summed E-state index contributed by atoms with van der Waals surface area (Å²) in [7, 11) is 1.66. The van der Waals surface area contributed by atoms with E-state index in [1.807, 2.05) is 66.7 Å². The molecule has 0 aliphatic heterocycles. The molecule has 0 amide bonds. The fourth-order valence-electron chi connectivity index (χ4n) is 2.51. The monoisotopic (exact) mass is 305 g/mol. The maximum absolute atomic E-state index is 9.23. The molecule has 116 valence electrons. The summed E-state index contributed by atoms with van der Waals surface area (Å²) >= 11 is 0. The van der Waals surface area contributed by atoms with E-state index in [1.54, 1.807) is 7.11 Å². The molecule has 3 aromatic carbocycles. The summed E-state index contributed by atoms with van der Waals surface area (Å²) in [6.45, 7) is 0.0498. The highest BCUT2D eigenvalue weighted by molar-refractivity contribution is 5.76. The molecule has 3 aromatic rings. The van der Waals surface area contributed by atoms with Crippen LogP contribution in [0.25, 0.3) is 0 Å². The van der Waals surface area contributed by atoms with Gasteiger partial charge in [0, 0.05) is 17.1 Å². The minimum absolute atomic E-state index is 0.0498. The van der Waals surface area contributed by atoms with Gasteiger partial charge in [0.05, 0.1) is 13.7 Å². The van der Waals surface area contributed by atoms with Crippen LogP contribution >= 0.6 is 0 Å². The third-order valence-electron chi connectivity index (χ3n) is 3.72. The van der Waals surface area contributed by atoms with Gasteiger partial charge in [0.1, 0.15) is 5.75 Å². The number of aliphatic hydroxyl groups excluding tert-OH is 1. The molecule has 0 heterocycles. The lowest BCUT2D eigenvalue weighted by molar-refractivity contribution is 0.282. The van der Waals surface area contributed by atoms with Crippen LogP contribution in [0.1, 0.15) is 5.56 Å². The van der Waals surface area contributed by atoms with E-state index in [-0.39, 0.29) is 6.61 Å². The lowest BCUT2D eigenvalue weighted by atomic mass is 10.1. The Labute approximate surface area is 136 Å². The van der Waals surface area contributed by atoms with Crippen LogP contribution in [0.3, 0.4) is 0 Å². The molecule has 0 unspecified atom stereocenters. The fraction of sp³-hybridized carbons (Fsp3) is 0.100. The quantitative estimate of drug-likeness (QED) is 0.744. The van der Waals surface area contributed by atoms with Gasteiger partial charge in [-0.3, -0.25) is 0 Å². The summed E-state index contributed by atoms with van der Waals surface area (Å²) in [6, 6.07) is 26.1. The zero-order chi connectivity index (χ0) is 16.1. The number of nitrogens with zero attached hydrogens (tertiary/aromatic N) is 1. The van der Waals surface area contributed by atoms with Crippen LogP contribution in [-0.2, 0) is 6.61 Å². The predicted molar refractivity (Wildman–Crippen MR) is 93.6 cm³/mol. The molecule has 3 rings (SSSR count). The molecule has 0 radical (unpaired) electrons. The van der Waals surface area contributed by atoms with Gasteiger partial charge in [-0.05, 0) is 54.1 Å². The van der Waals surface area contributed by atoms with E-state index in [0.29, 0.717) is 0 Å².